The quantitative estimate of drug-likeness (QED) is 0.774. The van der Waals surface area contributed by atoms with E-state index in [0.717, 1.165) is 0 Å². The van der Waals surface area contributed by atoms with Gasteiger partial charge in [-0.1, -0.05) is 6.07 Å². The maximum Gasteiger partial charge on any atom is 0.335 e. The maximum atomic E-state index is 11.3. The summed E-state index contributed by atoms with van der Waals surface area (Å²) in [5.74, 6) is -0.910. The fourth-order valence-electron chi connectivity index (χ4n) is 1.53. The van der Waals surface area contributed by atoms with E-state index in [1.54, 1.807) is 18.2 Å². The average Bonchev–Trinajstić information content (AvgIpc) is 2.47. The molecule has 7 nitrogen and oxygen atoms in total. The van der Waals surface area contributed by atoms with E-state index in [2.05, 4.69) is 20.8 Å². The minimum absolute atomic E-state index is 0.171. The molecule has 0 radical (unpaired) electrons. The Bertz CT molecular complexity index is 640. The molecule has 0 aliphatic rings. The number of aromatic nitrogens is 2. The normalized spacial score (nSPS) is 9.85. The van der Waals surface area contributed by atoms with Crippen molar-refractivity contribution in [3.8, 4) is 0 Å². The number of hydrogen-bond acceptors (Lipinski definition) is 5. The second-order valence-corrected chi connectivity index (χ2v) is 3.89. The molecule has 0 unspecified atom stereocenters. The van der Waals surface area contributed by atoms with Crippen LogP contribution in [0.15, 0.2) is 36.4 Å². The van der Waals surface area contributed by atoms with E-state index < -0.39 is 5.97 Å². The Morgan fingerprint density at radius 2 is 1.95 bits per heavy atom. The highest BCUT2D eigenvalue weighted by molar-refractivity contribution is 5.92. The second kappa shape index (κ2) is 5.79. The molecule has 2 aromatic rings. The first-order valence-corrected chi connectivity index (χ1v) is 5.76. The van der Waals surface area contributed by atoms with Crippen LogP contribution in [0.1, 0.15) is 20.8 Å². The Balaban J connectivity index is 2.16. The molecule has 0 spiro atoms. The lowest BCUT2D eigenvalue weighted by Gasteiger charge is -2.06. The van der Waals surface area contributed by atoms with Crippen LogP contribution in [-0.2, 0) is 0 Å². The second-order valence-electron chi connectivity index (χ2n) is 3.89. The summed E-state index contributed by atoms with van der Waals surface area (Å²) in [5.41, 5.74) is 0.953. The number of hydrogen-bond donors (Lipinski definition) is 3. The van der Waals surface area contributed by atoms with Gasteiger partial charge in [0.1, 0.15) is 0 Å². The molecule has 1 amide bonds. The van der Waals surface area contributed by atoms with Crippen LogP contribution in [0.3, 0.4) is 0 Å². The van der Waals surface area contributed by atoms with Crippen LogP contribution in [0.4, 0.5) is 11.5 Å². The Labute approximate surface area is 114 Å². The number of rotatable bonds is 4. The Kier molecular flexibility index (Phi) is 3.90. The van der Waals surface area contributed by atoms with Crippen LogP contribution in [0.2, 0.25) is 0 Å². The predicted molar refractivity (Wildman–Crippen MR) is 72.1 cm³/mol. The number of nitrogens with one attached hydrogen (secondary N) is 2. The molecule has 7 heteroatoms. The number of carboxylic acid groups (broad SMARTS) is 1. The van der Waals surface area contributed by atoms with Gasteiger partial charge in [0.2, 0.25) is 0 Å². The van der Waals surface area contributed by atoms with Gasteiger partial charge in [0, 0.05) is 12.7 Å². The number of benzene rings is 1. The van der Waals surface area contributed by atoms with Crippen molar-refractivity contribution < 1.29 is 14.7 Å². The topological polar surface area (TPSA) is 104 Å². The first-order valence-electron chi connectivity index (χ1n) is 5.76. The van der Waals surface area contributed by atoms with Gasteiger partial charge in [-0.05, 0) is 30.3 Å². The summed E-state index contributed by atoms with van der Waals surface area (Å²) in [6, 6.07) is 9.42. The molecule has 0 aliphatic carbocycles. The molecule has 2 rings (SSSR count). The molecule has 0 atom stereocenters. The molecule has 0 bridgehead atoms. The third-order valence-corrected chi connectivity index (χ3v) is 2.51. The molecular weight excluding hydrogens is 260 g/mol. The van der Waals surface area contributed by atoms with Crippen molar-refractivity contribution in [2.24, 2.45) is 0 Å². The number of aromatic carboxylic acids is 1. The van der Waals surface area contributed by atoms with Gasteiger partial charge >= 0.3 is 5.97 Å². The molecule has 0 fully saturated rings. The lowest BCUT2D eigenvalue weighted by atomic mass is 10.2. The van der Waals surface area contributed by atoms with Gasteiger partial charge in [-0.2, -0.15) is 0 Å². The third kappa shape index (κ3) is 3.08. The fourth-order valence-corrected chi connectivity index (χ4v) is 1.53. The number of carbonyl (C=O) groups excluding carboxylic acids is 1. The summed E-state index contributed by atoms with van der Waals surface area (Å²) in [6.07, 6.45) is 0. The van der Waals surface area contributed by atoms with Crippen molar-refractivity contribution in [3.05, 3.63) is 47.7 Å². The van der Waals surface area contributed by atoms with Gasteiger partial charge < -0.3 is 15.7 Å². The van der Waals surface area contributed by atoms with Gasteiger partial charge in [0.15, 0.2) is 11.5 Å². The van der Waals surface area contributed by atoms with E-state index in [1.165, 1.54) is 25.2 Å². The lowest BCUT2D eigenvalue weighted by Crippen LogP contribution is -2.19. The molecular formula is C13H12N4O3. The van der Waals surface area contributed by atoms with Crippen LogP contribution >= 0.6 is 0 Å². The van der Waals surface area contributed by atoms with E-state index >= 15 is 0 Å². The van der Waals surface area contributed by atoms with E-state index in [1.807, 2.05) is 0 Å². The molecule has 102 valence electrons. The molecule has 1 heterocycles. The van der Waals surface area contributed by atoms with E-state index in [0.29, 0.717) is 11.5 Å². The molecule has 0 saturated carbocycles. The zero-order chi connectivity index (χ0) is 14.5. The van der Waals surface area contributed by atoms with Crippen molar-refractivity contribution >= 4 is 23.4 Å². The number of carboxylic acids is 1. The molecule has 0 saturated heterocycles. The first kappa shape index (κ1) is 13.5. The van der Waals surface area contributed by atoms with E-state index in [9.17, 15) is 9.59 Å². The first-order chi connectivity index (χ1) is 9.60. The van der Waals surface area contributed by atoms with Crippen LogP contribution in [0.25, 0.3) is 0 Å². The molecule has 3 N–H and O–H groups in total. The Morgan fingerprint density at radius 1 is 1.15 bits per heavy atom. The number of anilines is 2. The van der Waals surface area contributed by atoms with Crippen molar-refractivity contribution in [1.29, 1.82) is 0 Å². The van der Waals surface area contributed by atoms with Crippen LogP contribution < -0.4 is 10.6 Å². The number of nitrogens with zero attached hydrogens (tertiary/aromatic N) is 2. The Morgan fingerprint density at radius 3 is 2.55 bits per heavy atom. The smallest absolute Gasteiger partial charge is 0.335 e. The van der Waals surface area contributed by atoms with Gasteiger partial charge in [0.05, 0.1) is 5.56 Å². The van der Waals surface area contributed by atoms with E-state index in [4.69, 9.17) is 5.11 Å². The number of amides is 1. The standard InChI is InChI=1S/C13H12N4O3/c1-14-12(18)10-5-6-11(17-16-10)15-9-4-2-3-8(7-9)13(19)20/h2-7H,1H3,(H,14,18)(H,15,17)(H,19,20). The van der Waals surface area contributed by atoms with Crippen LogP contribution in [0.5, 0.6) is 0 Å². The van der Waals surface area contributed by atoms with Gasteiger partial charge in [-0.3, -0.25) is 4.79 Å². The van der Waals surface area contributed by atoms with Crippen molar-refractivity contribution in [1.82, 2.24) is 15.5 Å². The molecule has 0 aliphatic heterocycles. The summed E-state index contributed by atoms with van der Waals surface area (Å²) < 4.78 is 0. The minimum Gasteiger partial charge on any atom is -0.478 e. The minimum atomic E-state index is -1.00. The van der Waals surface area contributed by atoms with Crippen LogP contribution in [-0.4, -0.2) is 34.2 Å². The molecule has 1 aromatic heterocycles. The van der Waals surface area contributed by atoms with Crippen LogP contribution in [0, 0.1) is 0 Å². The zero-order valence-corrected chi connectivity index (χ0v) is 10.6. The third-order valence-electron chi connectivity index (χ3n) is 2.51. The Hall–Kier alpha value is -2.96. The lowest BCUT2D eigenvalue weighted by molar-refractivity contribution is 0.0696. The monoisotopic (exact) mass is 272 g/mol. The highest BCUT2D eigenvalue weighted by Crippen LogP contribution is 2.15. The summed E-state index contributed by atoms with van der Waals surface area (Å²) in [7, 11) is 1.51. The summed E-state index contributed by atoms with van der Waals surface area (Å²) in [6.45, 7) is 0. The summed E-state index contributed by atoms with van der Waals surface area (Å²) in [5, 5.41) is 21.9. The summed E-state index contributed by atoms with van der Waals surface area (Å²) >= 11 is 0. The number of carbonyl (C=O) groups is 2. The van der Waals surface area contributed by atoms with E-state index in [-0.39, 0.29) is 17.2 Å². The van der Waals surface area contributed by atoms with Gasteiger partial charge in [-0.25, -0.2) is 4.79 Å². The SMILES string of the molecule is CNC(=O)c1ccc(Nc2cccc(C(=O)O)c2)nn1. The highest BCUT2D eigenvalue weighted by atomic mass is 16.4. The average molecular weight is 272 g/mol. The predicted octanol–water partition coefficient (Wildman–Crippen LogP) is 1.28. The van der Waals surface area contributed by atoms with Crippen molar-refractivity contribution in [2.75, 3.05) is 12.4 Å². The van der Waals surface area contributed by atoms with Crippen molar-refractivity contribution in [3.63, 3.8) is 0 Å². The van der Waals surface area contributed by atoms with Gasteiger partial charge in [-0.15, -0.1) is 10.2 Å². The largest absolute Gasteiger partial charge is 0.478 e. The van der Waals surface area contributed by atoms with Gasteiger partial charge in [0.25, 0.3) is 5.91 Å². The highest BCUT2D eigenvalue weighted by Gasteiger charge is 2.07. The zero-order valence-electron chi connectivity index (χ0n) is 10.6. The molecule has 20 heavy (non-hydrogen) atoms. The van der Waals surface area contributed by atoms with Crippen molar-refractivity contribution in [2.45, 2.75) is 0 Å². The molecule has 1 aromatic carbocycles. The maximum absolute atomic E-state index is 11.3. The summed E-state index contributed by atoms with van der Waals surface area (Å²) in [4.78, 5) is 22.2. The fraction of sp³-hybridized carbons (Fsp3) is 0.0769.